The van der Waals surface area contributed by atoms with Gasteiger partial charge in [-0.15, -0.1) is 0 Å². The number of hydrogen-bond acceptors (Lipinski definition) is 3. The molecule has 0 aliphatic heterocycles. The normalized spacial score (nSPS) is 12.3. The van der Waals surface area contributed by atoms with Crippen LogP contribution in [0.2, 0.25) is 5.02 Å². The number of ketones is 1. The monoisotopic (exact) mass is 227 g/mol. The summed E-state index contributed by atoms with van der Waals surface area (Å²) in [6.45, 7) is 1.79. The van der Waals surface area contributed by atoms with Crippen LogP contribution >= 0.6 is 11.6 Å². The minimum atomic E-state index is -0.157. The highest BCUT2D eigenvalue weighted by molar-refractivity contribution is 6.34. The van der Waals surface area contributed by atoms with Crippen LogP contribution in [0.25, 0.3) is 0 Å². The number of carbonyl (C=O) groups is 1. The van der Waals surface area contributed by atoms with Gasteiger partial charge in [0.1, 0.15) is 5.75 Å². The Morgan fingerprint density at radius 2 is 2.27 bits per heavy atom. The van der Waals surface area contributed by atoms with Crippen LogP contribution in [-0.4, -0.2) is 18.9 Å². The van der Waals surface area contributed by atoms with E-state index in [1.54, 1.807) is 32.2 Å². The quantitative estimate of drug-likeness (QED) is 0.803. The Balaban J connectivity index is 2.90. The van der Waals surface area contributed by atoms with Crippen molar-refractivity contribution >= 4 is 17.4 Å². The summed E-state index contributed by atoms with van der Waals surface area (Å²) in [5.74, 6) is 0.593. The van der Waals surface area contributed by atoms with Crippen molar-refractivity contribution in [1.29, 1.82) is 0 Å². The summed E-state index contributed by atoms with van der Waals surface area (Å²) in [6, 6.07) is 4.83. The maximum atomic E-state index is 11.7. The molecule has 15 heavy (non-hydrogen) atoms. The highest BCUT2D eigenvalue weighted by atomic mass is 35.5. The van der Waals surface area contributed by atoms with E-state index in [1.807, 2.05) is 0 Å². The van der Waals surface area contributed by atoms with E-state index in [-0.39, 0.29) is 11.8 Å². The Morgan fingerprint density at radius 1 is 1.60 bits per heavy atom. The molecule has 0 spiro atoms. The van der Waals surface area contributed by atoms with Gasteiger partial charge in [-0.3, -0.25) is 4.79 Å². The first kappa shape index (κ1) is 12.0. The van der Waals surface area contributed by atoms with E-state index >= 15 is 0 Å². The van der Waals surface area contributed by atoms with Crippen molar-refractivity contribution in [2.75, 3.05) is 7.11 Å². The zero-order chi connectivity index (χ0) is 11.4. The second-order valence-corrected chi connectivity index (χ2v) is 3.86. The number of hydrogen-bond donors (Lipinski definition) is 1. The summed E-state index contributed by atoms with van der Waals surface area (Å²) in [5, 5.41) is 0.403. The third-order valence-corrected chi connectivity index (χ3v) is 2.30. The fourth-order valence-corrected chi connectivity index (χ4v) is 1.53. The summed E-state index contributed by atoms with van der Waals surface area (Å²) in [5.41, 5.74) is 6.04. The Labute approximate surface area is 94.2 Å². The largest absolute Gasteiger partial charge is 0.497 e. The van der Waals surface area contributed by atoms with E-state index in [1.165, 1.54) is 0 Å². The van der Waals surface area contributed by atoms with Gasteiger partial charge in [-0.1, -0.05) is 11.6 Å². The Hall–Kier alpha value is -1.06. The fraction of sp³-hybridized carbons (Fsp3) is 0.364. The lowest BCUT2D eigenvalue weighted by molar-refractivity contribution is 0.0976. The maximum absolute atomic E-state index is 11.7. The van der Waals surface area contributed by atoms with Crippen molar-refractivity contribution < 1.29 is 9.53 Å². The molecule has 0 heterocycles. The first-order valence-electron chi connectivity index (χ1n) is 4.67. The number of rotatable bonds is 4. The van der Waals surface area contributed by atoms with Gasteiger partial charge in [-0.25, -0.2) is 0 Å². The molecule has 0 saturated heterocycles. The predicted octanol–water partition coefficient (Wildman–Crippen LogP) is 2.27. The van der Waals surface area contributed by atoms with E-state index in [0.29, 0.717) is 22.8 Å². The molecule has 0 bridgehead atoms. The highest BCUT2D eigenvalue weighted by Crippen LogP contribution is 2.23. The molecule has 4 heteroatoms. The standard InChI is InChI=1S/C11H14ClNO2/c1-7(13)5-11(14)9-4-3-8(15-2)6-10(9)12/h3-4,6-7H,5,13H2,1-2H3. The van der Waals surface area contributed by atoms with E-state index in [4.69, 9.17) is 22.1 Å². The molecule has 1 atom stereocenters. The van der Waals surface area contributed by atoms with E-state index < -0.39 is 0 Å². The third kappa shape index (κ3) is 3.22. The third-order valence-electron chi connectivity index (χ3n) is 1.98. The minimum Gasteiger partial charge on any atom is -0.497 e. The van der Waals surface area contributed by atoms with Gasteiger partial charge in [0, 0.05) is 18.0 Å². The predicted molar refractivity (Wildman–Crippen MR) is 60.6 cm³/mol. The van der Waals surface area contributed by atoms with Gasteiger partial charge in [0.15, 0.2) is 5.78 Å². The molecule has 1 rings (SSSR count). The van der Waals surface area contributed by atoms with Crippen LogP contribution in [0.5, 0.6) is 5.75 Å². The molecule has 1 unspecified atom stereocenters. The molecule has 0 fully saturated rings. The zero-order valence-electron chi connectivity index (χ0n) is 8.79. The van der Waals surface area contributed by atoms with Gasteiger partial charge in [-0.2, -0.15) is 0 Å². The van der Waals surface area contributed by atoms with E-state index in [2.05, 4.69) is 0 Å². The van der Waals surface area contributed by atoms with E-state index in [0.717, 1.165) is 0 Å². The molecule has 0 aliphatic carbocycles. The van der Waals surface area contributed by atoms with Crippen LogP contribution in [0.1, 0.15) is 23.7 Å². The lowest BCUT2D eigenvalue weighted by atomic mass is 10.0. The molecule has 0 saturated carbocycles. The highest BCUT2D eigenvalue weighted by Gasteiger charge is 2.12. The number of methoxy groups -OCH3 is 1. The summed E-state index contributed by atoms with van der Waals surface area (Å²) in [7, 11) is 1.55. The molecule has 1 aromatic rings. The van der Waals surface area contributed by atoms with Gasteiger partial charge in [0.25, 0.3) is 0 Å². The van der Waals surface area contributed by atoms with Crippen LogP contribution in [-0.2, 0) is 0 Å². The molecule has 1 aromatic carbocycles. The van der Waals surface area contributed by atoms with Crippen LogP contribution in [0.15, 0.2) is 18.2 Å². The van der Waals surface area contributed by atoms with Crippen molar-refractivity contribution in [3.63, 3.8) is 0 Å². The number of halogens is 1. The van der Waals surface area contributed by atoms with Crippen molar-refractivity contribution in [3.8, 4) is 5.75 Å². The molecule has 82 valence electrons. The summed E-state index contributed by atoms with van der Waals surface area (Å²) >= 11 is 5.94. The fourth-order valence-electron chi connectivity index (χ4n) is 1.25. The molecule has 0 radical (unpaired) electrons. The number of benzene rings is 1. The number of Topliss-reactive ketones (excluding diaryl/α,β-unsaturated/α-hetero) is 1. The lowest BCUT2D eigenvalue weighted by Gasteiger charge is -2.07. The van der Waals surface area contributed by atoms with Crippen LogP contribution < -0.4 is 10.5 Å². The summed E-state index contributed by atoms with van der Waals surface area (Å²) in [6.07, 6.45) is 0.298. The Morgan fingerprint density at radius 3 is 2.73 bits per heavy atom. The number of ether oxygens (including phenoxy) is 1. The van der Waals surface area contributed by atoms with Crippen molar-refractivity contribution in [3.05, 3.63) is 28.8 Å². The SMILES string of the molecule is COc1ccc(C(=O)CC(C)N)c(Cl)c1. The molecule has 0 aromatic heterocycles. The zero-order valence-corrected chi connectivity index (χ0v) is 9.54. The minimum absolute atomic E-state index is 0.0438. The van der Waals surface area contributed by atoms with Crippen molar-refractivity contribution in [2.45, 2.75) is 19.4 Å². The molecule has 0 amide bonds. The van der Waals surface area contributed by atoms with Gasteiger partial charge in [0.2, 0.25) is 0 Å². The van der Waals surface area contributed by atoms with Gasteiger partial charge in [-0.05, 0) is 25.1 Å². The summed E-state index contributed by atoms with van der Waals surface area (Å²) < 4.78 is 4.99. The molecule has 2 N–H and O–H groups in total. The average Bonchev–Trinajstić information content (AvgIpc) is 2.16. The van der Waals surface area contributed by atoms with Gasteiger partial charge < -0.3 is 10.5 Å². The topological polar surface area (TPSA) is 52.3 Å². The van der Waals surface area contributed by atoms with Crippen molar-refractivity contribution in [2.24, 2.45) is 5.73 Å². The molecular formula is C11H14ClNO2. The molecule has 0 aliphatic rings. The summed E-state index contributed by atoms with van der Waals surface area (Å²) in [4.78, 5) is 11.7. The van der Waals surface area contributed by atoms with E-state index in [9.17, 15) is 4.79 Å². The second kappa shape index (κ2) is 5.14. The maximum Gasteiger partial charge on any atom is 0.165 e. The van der Waals surface area contributed by atoms with Gasteiger partial charge >= 0.3 is 0 Å². The first-order chi connectivity index (χ1) is 7.04. The smallest absolute Gasteiger partial charge is 0.165 e. The van der Waals surface area contributed by atoms with Crippen molar-refractivity contribution in [1.82, 2.24) is 0 Å². The lowest BCUT2D eigenvalue weighted by Crippen LogP contribution is -2.19. The molecule has 3 nitrogen and oxygen atoms in total. The van der Waals surface area contributed by atoms with Crippen LogP contribution in [0.4, 0.5) is 0 Å². The number of carbonyl (C=O) groups excluding carboxylic acids is 1. The van der Waals surface area contributed by atoms with Crippen LogP contribution in [0, 0.1) is 0 Å². The van der Waals surface area contributed by atoms with Gasteiger partial charge in [0.05, 0.1) is 12.1 Å². The second-order valence-electron chi connectivity index (χ2n) is 3.45. The Bertz CT molecular complexity index is 364. The number of nitrogens with two attached hydrogens (primary N) is 1. The Kier molecular flexibility index (Phi) is 4.12. The van der Waals surface area contributed by atoms with Crippen LogP contribution in [0.3, 0.4) is 0 Å². The molecular weight excluding hydrogens is 214 g/mol. The first-order valence-corrected chi connectivity index (χ1v) is 5.04. The average molecular weight is 228 g/mol.